The summed E-state index contributed by atoms with van der Waals surface area (Å²) in [6.07, 6.45) is 2.34. The van der Waals surface area contributed by atoms with Crippen molar-refractivity contribution < 1.29 is 14.3 Å². The van der Waals surface area contributed by atoms with Crippen molar-refractivity contribution in [2.45, 2.75) is 32.7 Å². The van der Waals surface area contributed by atoms with E-state index in [4.69, 9.17) is 9.52 Å². The highest BCUT2D eigenvalue weighted by Gasteiger charge is 2.45. The lowest BCUT2D eigenvalue weighted by Gasteiger charge is -2.21. The zero-order valence-corrected chi connectivity index (χ0v) is 10.4. The number of carboxylic acids is 1. The molecule has 94 valence electrons. The normalized spacial score (nSPS) is 17.4. The average molecular weight is 237 g/mol. The molecule has 0 saturated heterocycles. The van der Waals surface area contributed by atoms with Gasteiger partial charge in [-0.1, -0.05) is 0 Å². The largest absolute Gasteiger partial charge is 0.481 e. The molecule has 1 aromatic heterocycles. The van der Waals surface area contributed by atoms with E-state index in [0.717, 1.165) is 37.5 Å². The number of aryl methyl sites for hydroxylation is 1. The zero-order chi connectivity index (χ0) is 12.5. The third-order valence-electron chi connectivity index (χ3n) is 3.31. The second-order valence-electron chi connectivity index (χ2n) is 5.26. The van der Waals surface area contributed by atoms with Crippen LogP contribution in [0.25, 0.3) is 0 Å². The molecule has 1 fully saturated rings. The summed E-state index contributed by atoms with van der Waals surface area (Å²) >= 11 is 0. The Bertz CT molecular complexity index is 407. The van der Waals surface area contributed by atoms with Gasteiger partial charge in [0.2, 0.25) is 0 Å². The van der Waals surface area contributed by atoms with Crippen LogP contribution in [0.1, 0.15) is 30.8 Å². The highest BCUT2D eigenvalue weighted by atomic mass is 16.4. The smallest absolute Gasteiger partial charge is 0.303 e. The molecule has 17 heavy (non-hydrogen) atoms. The summed E-state index contributed by atoms with van der Waals surface area (Å²) in [4.78, 5) is 12.9. The van der Waals surface area contributed by atoms with Gasteiger partial charge in [0.25, 0.3) is 0 Å². The Labute approximate surface area is 101 Å². The van der Waals surface area contributed by atoms with Crippen molar-refractivity contribution in [1.29, 1.82) is 0 Å². The molecule has 0 bridgehead atoms. The van der Waals surface area contributed by atoms with Gasteiger partial charge in [0.15, 0.2) is 0 Å². The lowest BCUT2D eigenvalue weighted by Crippen LogP contribution is -2.27. The summed E-state index contributed by atoms with van der Waals surface area (Å²) in [5.74, 6) is 1.17. The third-order valence-corrected chi connectivity index (χ3v) is 3.31. The van der Waals surface area contributed by atoms with Gasteiger partial charge >= 0.3 is 5.97 Å². The molecule has 1 N–H and O–H groups in total. The van der Waals surface area contributed by atoms with Gasteiger partial charge in [-0.2, -0.15) is 0 Å². The standard InChI is InChI=1S/C13H19NO3/c1-10-3-4-11(17-10)8-14(2)9-13(5-6-13)7-12(15)16/h3-4H,5-9H2,1-2H3,(H,15,16). The summed E-state index contributed by atoms with van der Waals surface area (Å²) in [5, 5.41) is 8.86. The van der Waals surface area contributed by atoms with E-state index in [2.05, 4.69) is 4.90 Å². The second kappa shape index (κ2) is 4.53. The zero-order valence-electron chi connectivity index (χ0n) is 10.4. The first-order valence-corrected chi connectivity index (χ1v) is 5.95. The minimum absolute atomic E-state index is 0.0161. The van der Waals surface area contributed by atoms with E-state index in [1.54, 1.807) is 0 Å². The molecule has 4 nitrogen and oxygen atoms in total. The maximum Gasteiger partial charge on any atom is 0.303 e. The first-order chi connectivity index (χ1) is 7.99. The van der Waals surface area contributed by atoms with Crippen LogP contribution in [0.5, 0.6) is 0 Å². The monoisotopic (exact) mass is 237 g/mol. The average Bonchev–Trinajstić information content (AvgIpc) is 2.80. The van der Waals surface area contributed by atoms with Crippen LogP contribution in [0.3, 0.4) is 0 Å². The van der Waals surface area contributed by atoms with Crippen LogP contribution in [0.2, 0.25) is 0 Å². The summed E-state index contributed by atoms with van der Waals surface area (Å²) in [5.41, 5.74) is 0.0161. The molecule has 1 aliphatic rings. The Morgan fingerprint density at radius 3 is 2.71 bits per heavy atom. The quantitative estimate of drug-likeness (QED) is 0.824. The first kappa shape index (κ1) is 12.2. The van der Waals surface area contributed by atoms with Crippen molar-refractivity contribution in [3.8, 4) is 0 Å². The van der Waals surface area contributed by atoms with E-state index in [9.17, 15) is 4.79 Å². The molecule has 1 aromatic rings. The number of nitrogens with zero attached hydrogens (tertiary/aromatic N) is 1. The maximum absolute atomic E-state index is 10.8. The second-order valence-corrected chi connectivity index (χ2v) is 5.26. The Balaban J connectivity index is 1.85. The Morgan fingerprint density at radius 2 is 2.24 bits per heavy atom. The topological polar surface area (TPSA) is 53.7 Å². The number of hydrogen-bond acceptors (Lipinski definition) is 3. The van der Waals surface area contributed by atoms with E-state index >= 15 is 0 Å². The van der Waals surface area contributed by atoms with Gasteiger partial charge in [-0.25, -0.2) is 0 Å². The molecule has 0 spiro atoms. The van der Waals surface area contributed by atoms with E-state index < -0.39 is 5.97 Å². The van der Waals surface area contributed by atoms with E-state index in [-0.39, 0.29) is 11.8 Å². The lowest BCUT2D eigenvalue weighted by molar-refractivity contribution is -0.138. The number of aliphatic carboxylic acids is 1. The van der Waals surface area contributed by atoms with Crippen molar-refractivity contribution in [1.82, 2.24) is 4.90 Å². The highest BCUT2D eigenvalue weighted by Crippen LogP contribution is 2.49. The van der Waals surface area contributed by atoms with Crippen molar-refractivity contribution in [3.05, 3.63) is 23.7 Å². The van der Waals surface area contributed by atoms with Gasteiger partial charge in [-0.3, -0.25) is 9.69 Å². The van der Waals surface area contributed by atoms with Crippen LogP contribution >= 0.6 is 0 Å². The summed E-state index contributed by atoms with van der Waals surface area (Å²) < 4.78 is 5.51. The van der Waals surface area contributed by atoms with E-state index in [1.807, 2.05) is 26.1 Å². The molecule has 2 rings (SSSR count). The van der Waals surface area contributed by atoms with E-state index in [1.165, 1.54) is 0 Å². The molecule has 1 saturated carbocycles. The molecule has 0 aliphatic heterocycles. The summed E-state index contributed by atoms with van der Waals surface area (Å²) in [6, 6.07) is 3.93. The van der Waals surface area contributed by atoms with Gasteiger partial charge in [-0.05, 0) is 44.4 Å². The highest BCUT2D eigenvalue weighted by molar-refractivity contribution is 5.68. The lowest BCUT2D eigenvalue weighted by atomic mass is 10.0. The fraction of sp³-hybridized carbons (Fsp3) is 0.615. The van der Waals surface area contributed by atoms with Crippen LogP contribution < -0.4 is 0 Å². The Kier molecular flexibility index (Phi) is 3.24. The van der Waals surface area contributed by atoms with Crippen molar-refractivity contribution in [3.63, 3.8) is 0 Å². The van der Waals surface area contributed by atoms with Crippen molar-refractivity contribution >= 4 is 5.97 Å². The Morgan fingerprint density at radius 1 is 1.53 bits per heavy atom. The number of furan rings is 1. The van der Waals surface area contributed by atoms with Crippen LogP contribution in [0.4, 0.5) is 0 Å². The minimum atomic E-state index is -0.690. The van der Waals surface area contributed by atoms with Crippen LogP contribution in [0.15, 0.2) is 16.5 Å². The van der Waals surface area contributed by atoms with Crippen molar-refractivity contribution in [2.24, 2.45) is 5.41 Å². The number of rotatable bonds is 6. The van der Waals surface area contributed by atoms with E-state index in [0.29, 0.717) is 0 Å². The number of carbonyl (C=O) groups is 1. The fourth-order valence-electron chi connectivity index (χ4n) is 2.35. The van der Waals surface area contributed by atoms with Gasteiger partial charge in [-0.15, -0.1) is 0 Å². The molecule has 0 aromatic carbocycles. The molecule has 1 heterocycles. The maximum atomic E-state index is 10.8. The molecule has 0 unspecified atom stereocenters. The Hall–Kier alpha value is -1.29. The van der Waals surface area contributed by atoms with Crippen molar-refractivity contribution in [2.75, 3.05) is 13.6 Å². The molecular weight excluding hydrogens is 218 g/mol. The number of carboxylic acid groups (broad SMARTS) is 1. The molecule has 0 atom stereocenters. The fourth-order valence-corrected chi connectivity index (χ4v) is 2.35. The molecule has 4 heteroatoms. The predicted molar refractivity (Wildman–Crippen MR) is 63.7 cm³/mol. The SMILES string of the molecule is Cc1ccc(CN(C)CC2(CC(=O)O)CC2)o1. The van der Waals surface area contributed by atoms with Crippen LogP contribution in [0, 0.1) is 12.3 Å². The predicted octanol–water partition coefficient (Wildman–Crippen LogP) is 2.27. The van der Waals surface area contributed by atoms with Gasteiger partial charge in [0.05, 0.1) is 13.0 Å². The van der Waals surface area contributed by atoms with Crippen LogP contribution in [-0.2, 0) is 11.3 Å². The number of hydrogen-bond donors (Lipinski definition) is 1. The minimum Gasteiger partial charge on any atom is -0.481 e. The molecule has 1 aliphatic carbocycles. The molecule has 0 radical (unpaired) electrons. The van der Waals surface area contributed by atoms with Gasteiger partial charge in [0.1, 0.15) is 11.5 Å². The third kappa shape index (κ3) is 3.33. The summed E-state index contributed by atoms with van der Waals surface area (Å²) in [7, 11) is 2.01. The van der Waals surface area contributed by atoms with Gasteiger partial charge < -0.3 is 9.52 Å². The molecule has 0 amide bonds. The van der Waals surface area contributed by atoms with Gasteiger partial charge in [0, 0.05) is 6.54 Å². The summed E-state index contributed by atoms with van der Waals surface area (Å²) in [6.45, 7) is 3.50. The van der Waals surface area contributed by atoms with Crippen LogP contribution in [-0.4, -0.2) is 29.6 Å². The molecular formula is C13H19NO3. The first-order valence-electron chi connectivity index (χ1n) is 5.95.